The first-order valence-corrected chi connectivity index (χ1v) is 8.12. The number of carbonyl (C=O) groups excluding carboxylic acids is 1. The smallest absolute Gasteiger partial charge is 0.227 e. The highest BCUT2D eigenvalue weighted by atomic mass is 16.2. The molecule has 3 nitrogen and oxygen atoms in total. The fourth-order valence-electron chi connectivity index (χ4n) is 3.89. The molecule has 1 amide bonds. The van der Waals surface area contributed by atoms with Crippen LogP contribution in [0.25, 0.3) is 0 Å². The topological polar surface area (TPSA) is 46.3 Å². The highest BCUT2D eigenvalue weighted by molar-refractivity contribution is 5.80. The summed E-state index contributed by atoms with van der Waals surface area (Å²) in [6.07, 6.45) is 9.27. The highest BCUT2D eigenvalue weighted by Crippen LogP contribution is 2.34. The van der Waals surface area contributed by atoms with Gasteiger partial charge in [-0.2, -0.15) is 0 Å². The number of hydrogen-bond donors (Lipinski definition) is 1. The molecule has 110 valence electrons. The normalized spacial score (nSPS) is 36.3. The SMILES string of the molecule is CCCC1CCCN(C(=O)C2CCCCC2(C)N)C1. The van der Waals surface area contributed by atoms with Crippen molar-refractivity contribution in [1.82, 2.24) is 4.90 Å². The minimum atomic E-state index is -0.285. The van der Waals surface area contributed by atoms with Gasteiger partial charge in [-0.1, -0.05) is 26.2 Å². The standard InChI is InChI=1S/C16H30N2O/c1-3-7-13-8-6-11-18(12-13)15(19)14-9-4-5-10-16(14,2)17/h13-14H,3-12,17H2,1-2H3. The van der Waals surface area contributed by atoms with E-state index in [4.69, 9.17) is 5.73 Å². The number of rotatable bonds is 3. The summed E-state index contributed by atoms with van der Waals surface area (Å²) in [7, 11) is 0. The van der Waals surface area contributed by atoms with Crippen LogP contribution in [0.2, 0.25) is 0 Å². The minimum absolute atomic E-state index is 0.0571. The van der Waals surface area contributed by atoms with E-state index in [0.29, 0.717) is 5.91 Å². The van der Waals surface area contributed by atoms with Gasteiger partial charge in [-0.25, -0.2) is 0 Å². The van der Waals surface area contributed by atoms with Crippen molar-refractivity contribution in [3.8, 4) is 0 Å². The summed E-state index contributed by atoms with van der Waals surface area (Å²) < 4.78 is 0. The Hall–Kier alpha value is -0.570. The molecule has 3 heteroatoms. The van der Waals surface area contributed by atoms with Crippen LogP contribution < -0.4 is 5.73 Å². The zero-order chi connectivity index (χ0) is 13.9. The van der Waals surface area contributed by atoms with Gasteiger partial charge in [0.1, 0.15) is 0 Å². The van der Waals surface area contributed by atoms with Crippen LogP contribution in [-0.2, 0) is 4.79 Å². The summed E-state index contributed by atoms with van der Waals surface area (Å²) >= 11 is 0. The molecule has 2 N–H and O–H groups in total. The first kappa shape index (κ1) is 14.8. The van der Waals surface area contributed by atoms with Crippen LogP contribution in [0.15, 0.2) is 0 Å². The highest BCUT2D eigenvalue weighted by Gasteiger charge is 2.40. The molecule has 0 radical (unpaired) electrons. The van der Waals surface area contributed by atoms with Gasteiger partial charge in [0, 0.05) is 18.6 Å². The van der Waals surface area contributed by atoms with Gasteiger partial charge in [-0.15, -0.1) is 0 Å². The van der Waals surface area contributed by atoms with Gasteiger partial charge in [0.25, 0.3) is 0 Å². The molecule has 1 saturated heterocycles. The zero-order valence-corrected chi connectivity index (χ0v) is 12.7. The fraction of sp³-hybridized carbons (Fsp3) is 0.938. The Labute approximate surface area is 117 Å². The molecular weight excluding hydrogens is 236 g/mol. The van der Waals surface area contributed by atoms with Crippen molar-refractivity contribution in [3.63, 3.8) is 0 Å². The van der Waals surface area contributed by atoms with Gasteiger partial charge in [0.15, 0.2) is 0 Å². The van der Waals surface area contributed by atoms with E-state index in [2.05, 4.69) is 18.7 Å². The van der Waals surface area contributed by atoms with E-state index in [1.807, 2.05) is 0 Å². The Bertz CT molecular complexity index is 312. The van der Waals surface area contributed by atoms with Crippen molar-refractivity contribution >= 4 is 5.91 Å². The average molecular weight is 266 g/mol. The Morgan fingerprint density at radius 3 is 2.79 bits per heavy atom. The lowest BCUT2D eigenvalue weighted by atomic mass is 9.73. The van der Waals surface area contributed by atoms with E-state index in [1.165, 1.54) is 32.1 Å². The monoisotopic (exact) mass is 266 g/mol. The summed E-state index contributed by atoms with van der Waals surface area (Å²) in [6.45, 7) is 6.23. The molecule has 1 saturated carbocycles. The van der Waals surface area contributed by atoms with Crippen LogP contribution in [0.5, 0.6) is 0 Å². The second-order valence-electron chi connectivity index (χ2n) is 6.89. The third kappa shape index (κ3) is 3.50. The lowest BCUT2D eigenvalue weighted by Gasteiger charge is -2.42. The molecule has 0 aromatic carbocycles. The van der Waals surface area contributed by atoms with Gasteiger partial charge in [-0.05, 0) is 44.9 Å². The lowest BCUT2D eigenvalue weighted by Crippen LogP contribution is -2.55. The first-order valence-electron chi connectivity index (χ1n) is 8.12. The van der Waals surface area contributed by atoms with Gasteiger partial charge < -0.3 is 10.6 Å². The van der Waals surface area contributed by atoms with Crippen molar-refractivity contribution in [3.05, 3.63) is 0 Å². The summed E-state index contributed by atoms with van der Waals surface area (Å²) in [6, 6.07) is 0. The maximum absolute atomic E-state index is 12.8. The Morgan fingerprint density at radius 2 is 2.11 bits per heavy atom. The summed E-state index contributed by atoms with van der Waals surface area (Å²) in [4.78, 5) is 14.9. The third-order valence-electron chi connectivity index (χ3n) is 5.08. The molecule has 2 rings (SSSR count). The van der Waals surface area contributed by atoms with E-state index in [-0.39, 0.29) is 11.5 Å². The van der Waals surface area contributed by atoms with Crippen LogP contribution in [0.3, 0.4) is 0 Å². The second kappa shape index (κ2) is 6.25. The maximum atomic E-state index is 12.8. The van der Waals surface area contributed by atoms with E-state index in [9.17, 15) is 4.79 Å². The van der Waals surface area contributed by atoms with E-state index >= 15 is 0 Å². The van der Waals surface area contributed by atoms with Gasteiger partial charge in [0.2, 0.25) is 5.91 Å². The molecule has 0 spiro atoms. The number of carbonyl (C=O) groups is 1. The third-order valence-corrected chi connectivity index (χ3v) is 5.08. The van der Waals surface area contributed by atoms with E-state index < -0.39 is 0 Å². The maximum Gasteiger partial charge on any atom is 0.227 e. The summed E-state index contributed by atoms with van der Waals surface area (Å²) in [5.74, 6) is 1.11. The molecule has 0 aromatic rings. The quantitative estimate of drug-likeness (QED) is 0.853. The predicted octanol–water partition coefficient (Wildman–Crippen LogP) is 2.93. The molecule has 1 aliphatic carbocycles. The largest absolute Gasteiger partial charge is 0.342 e. The molecular formula is C16H30N2O. The molecule has 2 aliphatic rings. The summed E-state index contributed by atoms with van der Waals surface area (Å²) in [5.41, 5.74) is 6.09. The van der Waals surface area contributed by atoms with Crippen molar-refractivity contribution in [2.24, 2.45) is 17.6 Å². The molecule has 0 bridgehead atoms. The van der Waals surface area contributed by atoms with Gasteiger partial charge in [-0.3, -0.25) is 4.79 Å². The number of piperidine rings is 1. The number of likely N-dealkylation sites (tertiary alicyclic amines) is 1. The van der Waals surface area contributed by atoms with Gasteiger partial charge in [0.05, 0.1) is 5.92 Å². The predicted molar refractivity (Wildman–Crippen MR) is 78.8 cm³/mol. The number of nitrogens with two attached hydrogens (primary N) is 1. The van der Waals surface area contributed by atoms with Crippen LogP contribution in [0, 0.1) is 11.8 Å². The van der Waals surface area contributed by atoms with Crippen LogP contribution >= 0.6 is 0 Å². The van der Waals surface area contributed by atoms with Crippen molar-refractivity contribution in [2.45, 2.75) is 70.8 Å². The van der Waals surface area contributed by atoms with Gasteiger partial charge >= 0.3 is 0 Å². The molecule has 19 heavy (non-hydrogen) atoms. The Morgan fingerprint density at radius 1 is 1.32 bits per heavy atom. The molecule has 1 aliphatic heterocycles. The van der Waals surface area contributed by atoms with Crippen LogP contribution in [0.1, 0.15) is 65.2 Å². The molecule has 3 atom stereocenters. The minimum Gasteiger partial charge on any atom is -0.342 e. The first-order chi connectivity index (χ1) is 9.04. The van der Waals surface area contributed by atoms with Crippen molar-refractivity contribution in [2.75, 3.05) is 13.1 Å². The van der Waals surface area contributed by atoms with Crippen LogP contribution in [-0.4, -0.2) is 29.4 Å². The number of hydrogen-bond acceptors (Lipinski definition) is 2. The molecule has 3 unspecified atom stereocenters. The Balaban J connectivity index is 1.98. The second-order valence-corrected chi connectivity index (χ2v) is 6.89. The lowest BCUT2D eigenvalue weighted by molar-refractivity contribution is -0.140. The molecule has 0 aromatic heterocycles. The average Bonchev–Trinajstić information content (AvgIpc) is 2.38. The number of amides is 1. The summed E-state index contributed by atoms with van der Waals surface area (Å²) in [5, 5.41) is 0. The molecule has 2 fully saturated rings. The zero-order valence-electron chi connectivity index (χ0n) is 12.7. The molecule has 1 heterocycles. The van der Waals surface area contributed by atoms with Crippen LogP contribution in [0.4, 0.5) is 0 Å². The Kier molecular flexibility index (Phi) is 4.88. The van der Waals surface area contributed by atoms with E-state index in [0.717, 1.165) is 38.3 Å². The van der Waals surface area contributed by atoms with Crippen molar-refractivity contribution in [1.29, 1.82) is 0 Å². The van der Waals surface area contributed by atoms with Crippen molar-refractivity contribution < 1.29 is 4.79 Å². The van der Waals surface area contributed by atoms with E-state index in [1.54, 1.807) is 0 Å². The number of nitrogens with zero attached hydrogens (tertiary/aromatic N) is 1. The fourth-order valence-corrected chi connectivity index (χ4v) is 3.89.